The third-order valence-corrected chi connectivity index (χ3v) is 12.8. The van der Waals surface area contributed by atoms with Crippen molar-refractivity contribution in [3.05, 3.63) is 211 Å². The highest BCUT2D eigenvalue weighted by Crippen LogP contribution is 2.56. The van der Waals surface area contributed by atoms with E-state index in [9.17, 15) is 0 Å². The Morgan fingerprint density at radius 1 is 0.267 bits per heavy atom. The quantitative estimate of drug-likeness (QED) is 0.162. The van der Waals surface area contributed by atoms with Gasteiger partial charge in [-0.1, -0.05) is 207 Å². The Bertz CT molecular complexity index is 2960. The maximum atomic E-state index is 5.05. The van der Waals surface area contributed by atoms with Crippen LogP contribution < -0.4 is 0 Å². The Morgan fingerprint density at radius 3 is 1.25 bits per heavy atom. The first-order chi connectivity index (χ1) is 29.7. The first-order valence-corrected chi connectivity index (χ1v) is 21.2. The van der Waals surface area contributed by atoms with Crippen LogP contribution in [0.2, 0.25) is 0 Å². The Balaban J connectivity index is 0.864. The predicted molar refractivity (Wildman–Crippen MR) is 247 cm³/mol. The summed E-state index contributed by atoms with van der Waals surface area (Å²) in [6.45, 7) is 0. The molecule has 0 amide bonds. The zero-order valence-electron chi connectivity index (χ0n) is 33.4. The lowest BCUT2D eigenvalue weighted by molar-refractivity contribution is 0.353. The molecule has 0 atom stereocenters. The number of benzene rings is 8. The molecule has 0 aliphatic heterocycles. The molecule has 2 aliphatic rings. The van der Waals surface area contributed by atoms with Crippen LogP contribution in [0.1, 0.15) is 43.2 Å². The normalized spacial score (nSPS) is 13.8. The topological polar surface area (TPSA) is 38.7 Å². The number of aromatic nitrogens is 3. The lowest BCUT2D eigenvalue weighted by atomic mass is 9.67. The SMILES string of the molecule is c1ccc(-c2ccc(-c3nc(-c4ccccc4)nc(-c4cccc(-c5ccc(-c6ccc(-c7ccc8c(c7)C7(CCCCC7)c7ccccc7-8)cc6)cc5)c4)n3)cc2)cc1. The fourth-order valence-corrected chi connectivity index (χ4v) is 9.67. The van der Waals surface area contributed by atoms with Gasteiger partial charge in [-0.2, -0.15) is 0 Å². The van der Waals surface area contributed by atoms with Gasteiger partial charge in [0, 0.05) is 22.1 Å². The molecule has 0 radical (unpaired) electrons. The second-order valence-corrected chi connectivity index (χ2v) is 16.3. The van der Waals surface area contributed by atoms with E-state index in [1.165, 1.54) is 76.6 Å². The van der Waals surface area contributed by atoms with Crippen LogP contribution in [-0.4, -0.2) is 15.0 Å². The molecule has 11 rings (SSSR count). The van der Waals surface area contributed by atoms with E-state index >= 15 is 0 Å². The van der Waals surface area contributed by atoms with E-state index in [1.807, 2.05) is 36.4 Å². The van der Waals surface area contributed by atoms with Gasteiger partial charge in [-0.3, -0.25) is 0 Å². The van der Waals surface area contributed by atoms with Gasteiger partial charge in [0.05, 0.1) is 0 Å². The molecule has 60 heavy (non-hydrogen) atoms. The molecule has 0 unspecified atom stereocenters. The smallest absolute Gasteiger partial charge is 0.164 e. The largest absolute Gasteiger partial charge is 0.208 e. The fraction of sp³-hybridized carbons (Fsp3) is 0.105. The highest BCUT2D eigenvalue weighted by molar-refractivity contribution is 5.85. The molecule has 9 aromatic rings. The van der Waals surface area contributed by atoms with Gasteiger partial charge in [0.25, 0.3) is 0 Å². The summed E-state index contributed by atoms with van der Waals surface area (Å²) in [6.07, 6.45) is 6.45. The van der Waals surface area contributed by atoms with Crippen LogP contribution in [0.4, 0.5) is 0 Å². The van der Waals surface area contributed by atoms with Crippen LogP contribution >= 0.6 is 0 Å². The lowest BCUT2D eigenvalue weighted by Crippen LogP contribution is -2.28. The molecular weight excluding hydrogens is 727 g/mol. The third kappa shape index (κ3) is 6.53. The van der Waals surface area contributed by atoms with E-state index in [0.717, 1.165) is 33.4 Å². The molecule has 1 aromatic heterocycles. The van der Waals surface area contributed by atoms with Crippen molar-refractivity contribution in [1.29, 1.82) is 0 Å². The zero-order chi connectivity index (χ0) is 39.9. The first kappa shape index (κ1) is 35.9. The summed E-state index contributed by atoms with van der Waals surface area (Å²) in [5.41, 5.74) is 18.5. The van der Waals surface area contributed by atoms with Gasteiger partial charge in [0.1, 0.15) is 0 Å². The van der Waals surface area contributed by atoms with E-state index < -0.39 is 0 Å². The maximum absolute atomic E-state index is 5.05. The van der Waals surface area contributed by atoms with Gasteiger partial charge < -0.3 is 0 Å². The summed E-state index contributed by atoms with van der Waals surface area (Å²) in [6, 6.07) is 71.8. The molecule has 1 spiro atoms. The van der Waals surface area contributed by atoms with E-state index in [-0.39, 0.29) is 5.41 Å². The molecule has 1 saturated carbocycles. The zero-order valence-corrected chi connectivity index (χ0v) is 33.4. The van der Waals surface area contributed by atoms with Crippen molar-refractivity contribution < 1.29 is 0 Å². The molecule has 1 fully saturated rings. The molecule has 3 nitrogen and oxygen atoms in total. The van der Waals surface area contributed by atoms with Crippen LogP contribution in [0.25, 0.3) is 89.8 Å². The van der Waals surface area contributed by atoms with E-state index in [1.54, 1.807) is 5.56 Å². The molecule has 8 aromatic carbocycles. The van der Waals surface area contributed by atoms with Crippen LogP contribution in [0.15, 0.2) is 200 Å². The average molecular weight is 770 g/mol. The maximum Gasteiger partial charge on any atom is 0.164 e. The van der Waals surface area contributed by atoms with Gasteiger partial charge in [-0.05, 0) is 91.7 Å². The number of fused-ring (bicyclic) bond motifs is 5. The summed E-state index contributed by atoms with van der Waals surface area (Å²) < 4.78 is 0. The standard InChI is InChI=1S/C57H43N3/c1-4-13-39(14-5-1)40-29-31-46(32-30-40)55-58-54(45-15-6-2-7-16-45)59-56(60-55)49-18-12-17-47(37-49)43-25-21-41(22-26-43)42-23-27-44(28-24-42)48-33-34-51-50-19-8-9-20-52(50)57(53(51)38-48)35-10-3-11-36-57/h1-2,4-9,12-34,37-38H,3,10-11,35-36H2. The van der Waals surface area contributed by atoms with Crippen LogP contribution in [0.5, 0.6) is 0 Å². The number of hydrogen-bond acceptors (Lipinski definition) is 3. The Labute approximate surface area is 352 Å². The summed E-state index contributed by atoms with van der Waals surface area (Å²) in [4.78, 5) is 15.0. The van der Waals surface area contributed by atoms with Crippen molar-refractivity contribution in [2.75, 3.05) is 0 Å². The van der Waals surface area contributed by atoms with Gasteiger partial charge in [0.2, 0.25) is 0 Å². The van der Waals surface area contributed by atoms with Crippen molar-refractivity contribution in [2.45, 2.75) is 37.5 Å². The van der Waals surface area contributed by atoms with E-state index in [0.29, 0.717) is 17.5 Å². The second kappa shape index (κ2) is 15.2. The minimum absolute atomic E-state index is 0.163. The lowest BCUT2D eigenvalue weighted by Gasteiger charge is -2.36. The molecule has 0 bridgehead atoms. The molecular formula is C57H43N3. The highest BCUT2D eigenvalue weighted by Gasteiger charge is 2.43. The number of hydrogen-bond donors (Lipinski definition) is 0. The van der Waals surface area contributed by atoms with Crippen LogP contribution in [0, 0.1) is 0 Å². The van der Waals surface area contributed by atoms with E-state index in [4.69, 9.17) is 15.0 Å². The van der Waals surface area contributed by atoms with Crippen molar-refractivity contribution in [3.63, 3.8) is 0 Å². The van der Waals surface area contributed by atoms with Gasteiger partial charge in [-0.15, -0.1) is 0 Å². The minimum atomic E-state index is 0.163. The van der Waals surface area contributed by atoms with E-state index in [2.05, 4.69) is 164 Å². The molecule has 0 saturated heterocycles. The predicted octanol–water partition coefficient (Wildman–Crippen LogP) is 14.8. The summed E-state index contributed by atoms with van der Waals surface area (Å²) in [5.74, 6) is 1.94. The second-order valence-electron chi connectivity index (χ2n) is 16.3. The van der Waals surface area contributed by atoms with Gasteiger partial charge in [0.15, 0.2) is 17.5 Å². The van der Waals surface area contributed by atoms with Crippen LogP contribution in [-0.2, 0) is 5.41 Å². The summed E-state index contributed by atoms with van der Waals surface area (Å²) in [7, 11) is 0. The highest BCUT2D eigenvalue weighted by atomic mass is 15.0. The minimum Gasteiger partial charge on any atom is -0.208 e. The Hall–Kier alpha value is -7.23. The third-order valence-electron chi connectivity index (χ3n) is 12.8. The Kier molecular flexibility index (Phi) is 9.08. The fourth-order valence-electron chi connectivity index (χ4n) is 9.67. The van der Waals surface area contributed by atoms with Crippen LogP contribution in [0.3, 0.4) is 0 Å². The van der Waals surface area contributed by atoms with Crippen molar-refractivity contribution in [1.82, 2.24) is 15.0 Å². The van der Waals surface area contributed by atoms with Gasteiger partial charge >= 0.3 is 0 Å². The number of nitrogens with zero attached hydrogens (tertiary/aromatic N) is 3. The molecule has 3 heteroatoms. The Morgan fingerprint density at radius 2 is 0.650 bits per heavy atom. The molecule has 2 aliphatic carbocycles. The van der Waals surface area contributed by atoms with Gasteiger partial charge in [-0.25, -0.2) is 15.0 Å². The monoisotopic (exact) mass is 769 g/mol. The summed E-state index contributed by atoms with van der Waals surface area (Å²) >= 11 is 0. The first-order valence-electron chi connectivity index (χ1n) is 21.2. The average Bonchev–Trinajstić information content (AvgIpc) is 3.60. The molecule has 0 N–H and O–H groups in total. The van der Waals surface area contributed by atoms with Crippen molar-refractivity contribution >= 4 is 0 Å². The number of rotatable bonds is 7. The van der Waals surface area contributed by atoms with Crippen molar-refractivity contribution in [2.24, 2.45) is 0 Å². The molecule has 286 valence electrons. The van der Waals surface area contributed by atoms with Crippen molar-refractivity contribution in [3.8, 4) is 89.8 Å². The molecule has 1 heterocycles. The summed E-state index contributed by atoms with van der Waals surface area (Å²) in [5, 5.41) is 0.